The smallest absolute Gasteiger partial charge is 0.191 e. The Bertz CT molecular complexity index is 746. The van der Waals surface area contributed by atoms with Crippen molar-refractivity contribution in [2.24, 2.45) is 4.99 Å². The molecule has 0 saturated heterocycles. The van der Waals surface area contributed by atoms with Crippen LogP contribution in [0.2, 0.25) is 0 Å². The van der Waals surface area contributed by atoms with Gasteiger partial charge in [-0.2, -0.15) is 0 Å². The van der Waals surface area contributed by atoms with E-state index in [-0.39, 0.29) is 24.0 Å². The highest BCUT2D eigenvalue weighted by Crippen LogP contribution is 2.15. The zero-order valence-corrected chi connectivity index (χ0v) is 21.2. The number of guanidine groups is 1. The first-order chi connectivity index (χ1) is 14.7. The van der Waals surface area contributed by atoms with Gasteiger partial charge in [0.1, 0.15) is 12.4 Å². The molecule has 0 fully saturated rings. The number of hydrogen-bond donors (Lipinski definition) is 2. The second-order valence-electron chi connectivity index (χ2n) is 7.03. The van der Waals surface area contributed by atoms with Crippen LogP contribution in [0, 0.1) is 0 Å². The van der Waals surface area contributed by atoms with Gasteiger partial charge in [0.2, 0.25) is 0 Å². The summed E-state index contributed by atoms with van der Waals surface area (Å²) in [6, 6.07) is 13.9. The summed E-state index contributed by atoms with van der Waals surface area (Å²) >= 11 is 0. The van der Waals surface area contributed by atoms with E-state index < -0.39 is 0 Å². The van der Waals surface area contributed by atoms with Crippen LogP contribution in [-0.4, -0.2) is 62.8 Å². The maximum Gasteiger partial charge on any atom is 0.191 e. The fourth-order valence-electron chi connectivity index (χ4n) is 2.84. The van der Waals surface area contributed by atoms with Crippen molar-refractivity contribution < 1.29 is 9.47 Å². The van der Waals surface area contributed by atoms with Gasteiger partial charge in [-0.3, -0.25) is 4.98 Å². The Labute approximate surface area is 203 Å². The molecule has 0 amide bonds. The molecular formula is C23H36IN5O2. The van der Waals surface area contributed by atoms with Crippen molar-refractivity contribution in [3.63, 3.8) is 0 Å². The second kappa shape index (κ2) is 16.7. The van der Waals surface area contributed by atoms with Crippen LogP contribution in [0.1, 0.15) is 24.6 Å². The Morgan fingerprint density at radius 1 is 1.13 bits per heavy atom. The molecule has 0 bridgehead atoms. The summed E-state index contributed by atoms with van der Waals surface area (Å²) in [6.45, 7) is 7.53. The molecule has 0 atom stereocenters. The van der Waals surface area contributed by atoms with Crippen molar-refractivity contribution in [2.45, 2.75) is 26.5 Å². The summed E-state index contributed by atoms with van der Waals surface area (Å²) in [6.07, 6.45) is 2.82. The lowest BCUT2D eigenvalue weighted by Crippen LogP contribution is -2.41. The van der Waals surface area contributed by atoms with Gasteiger partial charge in [0.25, 0.3) is 0 Å². The average Bonchev–Trinajstić information content (AvgIpc) is 2.77. The van der Waals surface area contributed by atoms with Crippen LogP contribution in [-0.2, 0) is 17.9 Å². The van der Waals surface area contributed by atoms with Gasteiger partial charge in [-0.15, -0.1) is 24.0 Å². The Morgan fingerprint density at radius 3 is 2.74 bits per heavy atom. The molecule has 0 aliphatic carbocycles. The number of rotatable bonds is 13. The molecule has 2 rings (SSSR count). The summed E-state index contributed by atoms with van der Waals surface area (Å²) in [5.74, 6) is 1.64. The van der Waals surface area contributed by atoms with E-state index in [0.717, 1.165) is 62.2 Å². The summed E-state index contributed by atoms with van der Waals surface area (Å²) in [5, 5.41) is 6.70. The van der Waals surface area contributed by atoms with Gasteiger partial charge in [-0.1, -0.05) is 18.2 Å². The Balaban J connectivity index is 0.00000480. The number of benzene rings is 1. The number of nitrogens with zero attached hydrogens (tertiary/aromatic N) is 3. The van der Waals surface area contributed by atoms with Crippen molar-refractivity contribution in [3.05, 3.63) is 59.9 Å². The number of hydrogen-bond acceptors (Lipinski definition) is 5. The quantitative estimate of drug-likeness (QED) is 0.176. The number of ether oxygens (including phenoxy) is 2. The minimum atomic E-state index is 0. The molecule has 0 saturated carbocycles. The first-order valence-corrected chi connectivity index (χ1v) is 10.5. The third kappa shape index (κ3) is 11.9. The van der Waals surface area contributed by atoms with Crippen molar-refractivity contribution in [3.8, 4) is 5.75 Å². The highest BCUT2D eigenvalue weighted by atomic mass is 127. The van der Waals surface area contributed by atoms with Gasteiger partial charge < -0.3 is 25.0 Å². The SMILES string of the molecule is CCNC(=NCc1cccc(OCc2ccccn2)c1)NCCN(C)CCCOC.I. The molecule has 0 unspecified atom stereocenters. The lowest BCUT2D eigenvalue weighted by atomic mass is 10.2. The second-order valence-corrected chi connectivity index (χ2v) is 7.03. The first-order valence-electron chi connectivity index (χ1n) is 10.5. The van der Waals surface area contributed by atoms with Crippen LogP contribution in [0.3, 0.4) is 0 Å². The number of nitrogens with one attached hydrogen (secondary N) is 2. The van der Waals surface area contributed by atoms with Gasteiger partial charge >= 0.3 is 0 Å². The van der Waals surface area contributed by atoms with Gasteiger partial charge in [0.05, 0.1) is 12.2 Å². The number of aromatic nitrogens is 1. The third-order valence-corrected chi connectivity index (χ3v) is 4.45. The van der Waals surface area contributed by atoms with E-state index in [2.05, 4.69) is 40.6 Å². The van der Waals surface area contributed by atoms with Gasteiger partial charge in [-0.25, -0.2) is 4.99 Å². The van der Waals surface area contributed by atoms with Crippen LogP contribution in [0.15, 0.2) is 53.7 Å². The Hall–Kier alpha value is -1.91. The fourth-order valence-corrected chi connectivity index (χ4v) is 2.84. The summed E-state index contributed by atoms with van der Waals surface area (Å²) in [4.78, 5) is 11.3. The van der Waals surface area contributed by atoms with Crippen LogP contribution in [0.5, 0.6) is 5.75 Å². The third-order valence-electron chi connectivity index (χ3n) is 4.45. The number of halogens is 1. The summed E-state index contributed by atoms with van der Waals surface area (Å²) in [7, 11) is 3.86. The zero-order valence-electron chi connectivity index (χ0n) is 18.8. The molecule has 0 radical (unpaired) electrons. The molecule has 1 heterocycles. The number of methoxy groups -OCH3 is 1. The maximum atomic E-state index is 5.86. The maximum absolute atomic E-state index is 5.86. The molecule has 31 heavy (non-hydrogen) atoms. The molecule has 8 heteroatoms. The number of likely N-dealkylation sites (N-methyl/N-ethyl adjacent to an activating group) is 1. The van der Waals surface area contributed by atoms with Crippen molar-refractivity contribution in [2.75, 3.05) is 46.9 Å². The van der Waals surface area contributed by atoms with Gasteiger partial charge in [-0.05, 0) is 50.2 Å². The Kier molecular flexibility index (Phi) is 14.6. The van der Waals surface area contributed by atoms with E-state index in [9.17, 15) is 0 Å². The van der Waals surface area contributed by atoms with E-state index in [1.807, 2.05) is 36.4 Å². The van der Waals surface area contributed by atoms with E-state index in [4.69, 9.17) is 14.5 Å². The Morgan fingerprint density at radius 2 is 2.00 bits per heavy atom. The van der Waals surface area contributed by atoms with Gasteiger partial charge in [0.15, 0.2) is 5.96 Å². The van der Waals surface area contributed by atoms with E-state index in [1.54, 1.807) is 13.3 Å². The van der Waals surface area contributed by atoms with Crippen LogP contribution in [0.25, 0.3) is 0 Å². The molecule has 0 aliphatic rings. The monoisotopic (exact) mass is 541 g/mol. The highest BCUT2D eigenvalue weighted by molar-refractivity contribution is 14.0. The minimum Gasteiger partial charge on any atom is -0.487 e. The van der Waals surface area contributed by atoms with E-state index in [1.165, 1.54) is 0 Å². The molecule has 7 nitrogen and oxygen atoms in total. The predicted octanol–water partition coefficient (Wildman–Crippen LogP) is 3.30. The fraction of sp³-hybridized carbons (Fsp3) is 0.478. The zero-order chi connectivity index (χ0) is 21.4. The normalized spacial score (nSPS) is 11.2. The standard InChI is InChI=1S/C23H35N5O2.HI/c1-4-24-23(26-13-15-28(2)14-8-16-29-3)27-18-20-9-7-11-22(17-20)30-19-21-10-5-6-12-25-21;/h5-7,9-12,17H,4,8,13-16,18-19H2,1-3H3,(H2,24,26,27);1H. The van der Waals surface area contributed by atoms with Crippen molar-refractivity contribution >= 4 is 29.9 Å². The number of pyridine rings is 1. The summed E-state index contributed by atoms with van der Waals surface area (Å²) < 4.78 is 11.0. The lowest BCUT2D eigenvalue weighted by Gasteiger charge is -2.18. The first kappa shape index (κ1) is 27.1. The lowest BCUT2D eigenvalue weighted by molar-refractivity contribution is 0.180. The van der Waals surface area contributed by atoms with E-state index in [0.29, 0.717) is 13.2 Å². The highest BCUT2D eigenvalue weighted by Gasteiger charge is 2.02. The van der Waals surface area contributed by atoms with Crippen molar-refractivity contribution in [1.29, 1.82) is 0 Å². The molecule has 2 N–H and O–H groups in total. The van der Waals surface area contributed by atoms with E-state index >= 15 is 0 Å². The topological polar surface area (TPSA) is 71.0 Å². The molecule has 2 aromatic rings. The molecule has 0 spiro atoms. The molecule has 1 aromatic carbocycles. The van der Waals surface area contributed by atoms with Crippen LogP contribution < -0.4 is 15.4 Å². The molecule has 0 aliphatic heterocycles. The van der Waals surface area contributed by atoms with Crippen LogP contribution in [0.4, 0.5) is 0 Å². The number of aliphatic imine (C=N–C) groups is 1. The largest absolute Gasteiger partial charge is 0.487 e. The average molecular weight is 541 g/mol. The van der Waals surface area contributed by atoms with Crippen LogP contribution >= 0.6 is 24.0 Å². The minimum absolute atomic E-state index is 0. The van der Waals surface area contributed by atoms with Gasteiger partial charge in [0, 0.05) is 46.1 Å². The molecule has 1 aromatic heterocycles. The van der Waals surface area contributed by atoms with Crippen molar-refractivity contribution in [1.82, 2.24) is 20.5 Å². The molecular weight excluding hydrogens is 505 g/mol. The summed E-state index contributed by atoms with van der Waals surface area (Å²) in [5.41, 5.74) is 2.01. The molecule has 172 valence electrons. The predicted molar refractivity (Wildman–Crippen MR) is 137 cm³/mol.